The summed E-state index contributed by atoms with van der Waals surface area (Å²) in [6, 6.07) is 2.16. The first kappa shape index (κ1) is 13.3. The van der Waals surface area contributed by atoms with Crippen LogP contribution in [-0.2, 0) is 9.53 Å². The number of carbonyl (C=O) groups is 1. The van der Waals surface area contributed by atoms with E-state index in [4.69, 9.17) is 10.00 Å². The van der Waals surface area contributed by atoms with Gasteiger partial charge in [-0.1, -0.05) is 6.92 Å². The van der Waals surface area contributed by atoms with Crippen LogP contribution in [0, 0.1) is 16.7 Å². The lowest BCUT2D eigenvalue weighted by molar-refractivity contribution is -0.132. The first-order chi connectivity index (χ1) is 7.64. The van der Waals surface area contributed by atoms with E-state index in [0.29, 0.717) is 37.9 Å². The summed E-state index contributed by atoms with van der Waals surface area (Å²) >= 11 is 1.70. The van der Waals surface area contributed by atoms with Crippen LogP contribution in [0.1, 0.15) is 19.8 Å². The Morgan fingerprint density at radius 3 is 2.75 bits per heavy atom. The average Bonchev–Trinajstić information content (AvgIpc) is 2.36. The summed E-state index contributed by atoms with van der Waals surface area (Å²) in [5.74, 6) is -0.140. The van der Waals surface area contributed by atoms with Crippen molar-refractivity contribution in [1.29, 1.82) is 5.26 Å². The van der Waals surface area contributed by atoms with Crippen molar-refractivity contribution in [3.63, 3.8) is 0 Å². The highest BCUT2D eigenvalue weighted by Gasteiger charge is 2.40. The number of hydrogen-bond donors (Lipinski definition) is 1. The fraction of sp³-hybridized carbons (Fsp3) is 0.818. The van der Waals surface area contributed by atoms with Crippen molar-refractivity contribution in [2.24, 2.45) is 5.41 Å². The van der Waals surface area contributed by atoms with Gasteiger partial charge >= 0.3 is 0 Å². The molecule has 5 heteroatoms. The van der Waals surface area contributed by atoms with E-state index in [1.165, 1.54) is 0 Å². The highest BCUT2D eigenvalue weighted by atomic mass is 32.2. The molecule has 1 aliphatic heterocycles. The molecule has 0 spiro atoms. The zero-order valence-electron chi connectivity index (χ0n) is 9.78. The van der Waals surface area contributed by atoms with Gasteiger partial charge in [0.2, 0.25) is 5.91 Å². The third-order valence-corrected chi connectivity index (χ3v) is 3.92. The van der Waals surface area contributed by atoms with Crippen molar-refractivity contribution >= 4 is 17.7 Å². The van der Waals surface area contributed by atoms with E-state index >= 15 is 0 Å². The van der Waals surface area contributed by atoms with Gasteiger partial charge < -0.3 is 10.1 Å². The maximum Gasteiger partial charge on any atom is 0.240 e. The summed E-state index contributed by atoms with van der Waals surface area (Å²) in [5, 5.41) is 12.4. The molecule has 0 aliphatic carbocycles. The smallest absolute Gasteiger partial charge is 0.240 e. The number of nitrogens with zero attached hydrogens (tertiary/aromatic N) is 1. The van der Waals surface area contributed by atoms with Crippen molar-refractivity contribution in [2.45, 2.75) is 25.0 Å². The van der Waals surface area contributed by atoms with Gasteiger partial charge in [-0.05, 0) is 19.1 Å². The molecule has 0 aromatic rings. The lowest BCUT2D eigenvalue weighted by Gasteiger charge is -2.29. The predicted octanol–water partition coefficient (Wildman–Crippen LogP) is 1.17. The van der Waals surface area contributed by atoms with Crippen LogP contribution < -0.4 is 5.32 Å². The van der Waals surface area contributed by atoms with E-state index in [-0.39, 0.29) is 5.91 Å². The summed E-state index contributed by atoms with van der Waals surface area (Å²) in [5.41, 5.74) is -0.865. The third-order valence-electron chi connectivity index (χ3n) is 2.95. The zero-order chi connectivity index (χ0) is 12.0. The van der Waals surface area contributed by atoms with Gasteiger partial charge in [0.15, 0.2) is 0 Å². The summed E-state index contributed by atoms with van der Waals surface area (Å²) in [6.07, 6.45) is 3.01. The molecule has 0 aromatic heterocycles. The van der Waals surface area contributed by atoms with Gasteiger partial charge in [-0.25, -0.2) is 0 Å². The summed E-state index contributed by atoms with van der Waals surface area (Å²) in [7, 11) is 0. The quantitative estimate of drug-likeness (QED) is 0.804. The summed E-state index contributed by atoms with van der Waals surface area (Å²) in [6.45, 7) is 3.66. The van der Waals surface area contributed by atoms with Gasteiger partial charge in [0, 0.05) is 25.0 Å². The molecule has 90 valence electrons. The Labute approximate surface area is 101 Å². The fourth-order valence-corrected chi connectivity index (χ4v) is 1.85. The number of nitrogens with one attached hydrogen (secondary N) is 1. The standard InChI is InChI=1S/C11H18N2O2S/c1-9(16-2)7-13-10(14)11(8-12)3-5-15-6-4-11/h9H,3-7H2,1-2H3,(H,13,14). The number of thioether (sulfide) groups is 1. The van der Waals surface area contributed by atoms with Gasteiger partial charge in [0.1, 0.15) is 5.41 Å². The lowest BCUT2D eigenvalue weighted by Crippen LogP contribution is -2.45. The van der Waals surface area contributed by atoms with Crippen molar-refractivity contribution in [3.05, 3.63) is 0 Å². The molecule has 16 heavy (non-hydrogen) atoms. The van der Waals surface area contributed by atoms with Crippen LogP contribution in [0.4, 0.5) is 0 Å². The Morgan fingerprint density at radius 2 is 2.25 bits per heavy atom. The van der Waals surface area contributed by atoms with Crippen LogP contribution in [0.2, 0.25) is 0 Å². The normalized spacial score (nSPS) is 20.8. The number of rotatable bonds is 4. The average molecular weight is 242 g/mol. The predicted molar refractivity (Wildman–Crippen MR) is 64.1 cm³/mol. The second kappa shape index (κ2) is 6.12. The minimum Gasteiger partial charge on any atom is -0.381 e. The number of nitriles is 1. The fourth-order valence-electron chi connectivity index (χ4n) is 1.60. The first-order valence-corrected chi connectivity index (χ1v) is 6.73. The third kappa shape index (κ3) is 3.13. The number of hydrogen-bond acceptors (Lipinski definition) is 4. The SMILES string of the molecule is CSC(C)CNC(=O)C1(C#N)CCOCC1. The highest BCUT2D eigenvalue weighted by molar-refractivity contribution is 7.99. The lowest BCUT2D eigenvalue weighted by atomic mass is 9.81. The number of ether oxygens (including phenoxy) is 1. The molecule has 1 heterocycles. The molecule has 1 unspecified atom stereocenters. The zero-order valence-corrected chi connectivity index (χ0v) is 10.6. The molecule has 1 saturated heterocycles. The Bertz CT molecular complexity index is 282. The van der Waals surface area contributed by atoms with Crippen LogP contribution in [-0.4, -0.2) is 37.2 Å². The van der Waals surface area contributed by atoms with E-state index in [2.05, 4.69) is 11.4 Å². The minimum absolute atomic E-state index is 0.140. The van der Waals surface area contributed by atoms with Crippen LogP contribution in [0.25, 0.3) is 0 Å². The Morgan fingerprint density at radius 1 is 1.62 bits per heavy atom. The Balaban J connectivity index is 2.53. The van der Waals surface area contributed by atoms with Gasteiger partial charge in [0.05, 0.1) is 6.07 Å². The van der Waals surface area contributed by atoms with E-state index in [1.807, 2.05) is 13.2 Å². The topological polar surface area (TPSA) is 62.1 Å². The monoisotopic (exact) mass is 242 g/mol. The molecule has 1 aliphatic rings. The molecule has 1 atom stereocenters. The molecule has 4 nitrogen and oxygen atoms in total. The number of amides is 1. The van der Waals surface area contributed by atoms with Gasteiger partial charge in [0.25, 0.3) is 0 Å². The van der Waals surface area contributed by atoms with Gasteiger partial charge in [-0.15, -0.1) is 0 Å². The van der Waals surface area contributed by atoms with Crippen molar-refractivity contribution in [3.8, 4) is 6.07 Å². The van der Waals surface area contributed by atoms with E-state index in [1.54, 1.807) is 11.8 Å². The molecule has 1 amide bonds. The van der Waals surface area contributed by atoms with E-state index in [0.717, 1.165) is 0 Å². The molecule has 1 rings (SSSR count). The number of carbonyl (C=O) groups excluding carboxylic acids is 1. The van der Waals surface area contributed by atoms with Crippen LogP contribution >= 0.6 is 11.8 Å². The molecular formula is C11H18N2O2S. The van der Waals surface area contributed by atoms with Crippen molar-refractivity contribution < 1.29 is 9.53 Å². The van der Waals surface area contributed by atoms with E-state index in [9.17, 15) is 4.79 Å². The van der Waals surface area contributed by atoms with E-state index < -0.39 is 5.41 Å². The molecule has 0 radical (unpaired) electrons. The minimum atomic E-state index is -0.865. The van der Waals surface area contributed by atoms with Crippen molar-refractivity contribution in [1.82, 2.24) is 5.32 Å². The molecular weight excluding hydrogens is 224 g/mol. The summed E-state index contributed by atoms with van der Waals surface area (Å²) < 4.78 is 5.19. The van der Waals surface area contributed by atoms with Gasteiger partial charge in [-0.3, -0.25) is 4.79 Å². The maximum atomic E-state index is 12.0. The second-order valence-electron chi connectivity index (χ2n) is 4.06. The Kier molecular flexibility index (Phi) is 5.10. The molecule has 1 N–H and O–H groups in total. The highest BCUT2D eigenvalue weighted by Crippen LogP contribution is 2.29. The maximum absolute atomic E-state index is 12.0. The van der Waals surface area contributed by atoms with Crippen LogP contribution in [0.5, 0.6) is 0 Å². The second-order valence-corrected chi connectivity index (χ2v) is 5.34. The van der Waals surface area contributed by atoms with Gasteiger partial charge in [-0.2, -0.15) is 17.0 Å². The first-order valence-electron chi connectivity index (χ1n) is 5.45. The largest absolute Gasteiger partial charge is 0.381 e. The molecule has 0 aromatic carbocycles. The molecule has 0 saturated carbocycles. The van der Waals surface area contributed by atoms with Crippen LogP contribution in [0.15, 0.2) is 0 Å². The van der Waals surface area contributed by atoms with Crippen LogP contribution in [0.3, 0.4) is 0 Å². The Hall–Kier alpha value is -0.730. The molecule has 0 bridgehead atoms. The van der Waals surface area contributed by atoms with Crippen molar-refractivity contribution in [2.75, 3.05) is 26.0 Å². The summed E-state index contributed by atoms with van der Waals surface area (Å²) in [4.78, 5) is 12.0. The molecule has 1 fully saturated rings.